The lowest BCUT2D eigenvalue weighted by molar-refractivity contribution is -0.122. The summed E-state index contributed by atoms with van der Waals surface area (Å²) in [6, 6.07) is 4.07. The quantitative estimate of drug-likeness (QED) is 0.752. The highest BCUT2D eigenvalue weighted by Gasteiger charge is 2.13. The summed E-state index contributed by atoms with van der Waals surface area (Å²) in [4.78, 5) is 16.2. The van der Waals surface area contributed by atoms with Crippen LogP contribution >= 0.6 is 36.6 Å². The predicted molar refractivity (Wildman–Crippen MR) is 103 cm³/mol. The smallest absolute Gasteiger partial charge is 0.236 e. The van der Waals surface area contributed by atoms with Gasteiger partial charge in [-0.2, -0.15) is 11.8 Å². The predicted octanol–water partition coefficient (Wildman–Crippen LogP) is 2.30. The number of halogens is 3. The minimum atomic E-state index is -0.470. The second-order valence-electron chi connectivity index (χ2n) is 5.15. The lowest BCUT2D eigenvalue weighted by atomic mass is 10.2. The summed E-state index contributed by atoms with van der Waals surface area (Å²) in [5.41, 5.74) is 7.30. The van der Waals surface area contributed by atoms with Gasteiger partial charge in [0.2, 0.25) is 5.91 Å². The molecule has 2 aromatic rings. The van der Waals surface area contributed by atoms with E-state index in [1.165, 1.54) is 12.1 Å². The van der Waals surface area contributed by atoms with Gasteiger partial charge in [0.15, 0.2) is 0 Å². The topological polar surface area (TPSA) is 72.9 Å². The summed E-state index contributed by atoms with van der Waals surface area (Å²) in [5.74, 6) is 1.23. The second kappa shape index (κ2) is 10.8. The number of imidazole rings is 1. The van der Waals surface area contributed by atoms with E-state index >= 15 is 0 Å². The third kappa shape index (κ3) is 5.81. The number of carbonyl (C=O) groups excluding carboxylic acids is 1. The molecule has 0 saturated carbocycles. The van der Waals surface area contributed by atoms with Crippen LogP contribution in [0.2, 0.25) is 0 Å². The van der Waals surface area contributed by atoms with Crippen LogP contribution in [-0.2, 0) is 18.3 Å². The number of amides is 1. The van der Waals surface area contributed by atoms with Gasteiger partial charge in [0.25, 0.3) is 0 Å². The Morgan fingerprint density at radius 1 is 1.46 bits per heavy atom. The molecule has 2 rings (SSSR count). The van der Waals surface area contributed by atoms with Crippen molar-refractivity contribution in [3.63, 3.8) is 0 Å². The van der Waals surface area contributed by atoms with Gasteiger partial charge in [-0.3, -0.25) is 4.79 Å². The van der Waals surface area contributed by atoms with E-state index < -0.39 is 6.04 Å². The number of aromatic nitrogens is 2. The average molecular weight is 397 g/mol. The van der Waals surface area contributed by atoms with Gasteiger partial charge in [0.05, 0.1) is 17.1 Å². The molecule has 1 amide bonds. The molecule has 0 radical (unpaired) electrons. The monoisotopic (exact) mass is 396 g/mol. The average Bonchev–Trinajstić information content (AvgIpc) is 2.80. The number of fused-ring (bicyclic) bond motifs is 1. The van der Waals surface area contributed by atoms with E-state index in [0.29, 0.717) is 24.9 Å². The van der Waals surface area contributed by atoms with Gasteiger partial charge in [0.1, 0.15) is 11.6 Å². The SMILES string of the molecule is CSCC[C@H](N)C(=O)NCCc1nc2cc(F)ccc2n1C.Cl.Cl. The highest BCUT2D eigenvalue weighted by molar-refractivity contribution is 7.98. The number of aryl methyl sites for hydroxylation is 1. The minimum Gasteiger partial charge on any atom is -0.354 e. The van der Waals surface area contributed by atoms with Crippen molar-refractivity contribution >= 4 is 53.5 Å². The summed E-state index contributed by atoms with van der Waals surface area (Å²) < 4.78 is 15.1. The van der Waals surface area contributed by atoms with Gasteiger partial charge in [-0.15, -0.1) is 24.8 Å². The van der Waals surface area contributed by atoms with Crippen LogP contribution in [0.3, 0.4) is 0 Å². The van der Waals surface area contributed by atoms with E-state index in [0.717, 1.165) is 17.1 Å². The molecule has 0 bridgehead atoms. The van der Waals surface area contributed by atoms with Gasteiger partial charge in [-0.1, -0.05) is 0 Å². The Hall–Kier alpha value is -1.02. The van der Waals surface area contributed by atoms with Crippen LogP contribution in [0.4, 0.5) is 4.39 Å². The number of carbonyl (C=O) groups is 1. The van der Waals surface area contributed by atoms with E-state index in [4.69, 9.17) is 5.73 Å². The van der Waals surface area contributed by atoms with Crippen molar-refractivity contribution in [2.24, 2.45) is 12.8 Å². The third-order valence-corrected chi connectivity index (χ3v) is 4.20. The Labute approximate surface area is 157 Å². The maximum absolute atomic E-state index is 13.2. The van der Waals surface area contributed by atoms with Crippen LogP contribution < -0.4 is 11.1 Å². The van der Waals surface area contributed by atoms with Crippen LogP contribution in [-0.4, -0.2) is 40.1 Å². The Morgan fingerprint density at radius 3 is 2.83 bits per heavy atom. The standard InChI is InChI=1S/C15H21FN4OS.2ClH/c1-20-13-4-3-10(16)9-12(13)19-14(20)5-7-18-15(21)11(17)6-8-22-2;;/h3-4,9,11H,5-8,17H2,1-2H3,(H,18,21);2*1H/t11-;;/m0../s1. The number of thioether (sulfide) groups is 1. The van der Waals surface area contributed by atoms with Gasteiger partial charge in [0, 0.05) is 26.1 Å². The molecule has 24 heavy (non-hydrogen) atoms. The maximum atomic E-state index is 13.2. The number of hydrogen-bond acceptors (Lipinski definition) is 4. The first kappa shape index (κ1) is 23.0. The fourth-order valence-electron chi connectivity index (χ4n) is 2.25. The Morgan fingerprint density at radius 2 is 2.17 bits per heavy atom. The number of hydrogen-bond donors (Lipinski definition) is 2. The number of nitrogens with zero attached hydrogens (tertiary/aromatic N) is 2. The summed E-state index contributed by atoms with van der Waals surface area (Å²) in [6.45, 7) is 0.464. The van der Waals surface area contributed by atoms with Gasteiger partial charge in [-0.05, 0) is 30.6 Å². The van der Waals surface area contributed by atoms with Crippen molar-refractivity contribution in [1.29, 1.82) is 0 Å². The number of nitrogens with one attached hydrogen (secondary N) is 1. The molecule has 0 spiro atoms. The molecule has 1 aromatic heterocycles. The van der Waals surface area contributed by atoms with Crippen molar-refractivity contribution in [3.05, 3.63) is 29.8 Å². The highest BCUT2D eigenvalue weighted by atomic mass is 35.5. The summed E-state index contributed by atoms with van der Waals surface area (Å²) in [5, 5.41) is 2.82. The molecule has 3 N–H and O–H groups in total. The summed E-state index contributed by atoms with van der Waals surface area (Å²) >= 11 is 1.67. The van der Waals surface area contributed by atoms with Crippen molar-refractivity contribution in [2.75, 3.05) is 18.6 Å². The molecule has 0 aliphatic heterocycles. The maximum Gasteiger partial charge on any atom is 0.236 e. The zero-order valence-corrected chi connectivity index (χ0v) is 16.1. The fraction of sp³-hybridized carbons (Fsp3) is 0.467. The summed E-state index contributed by atoms with van der Waals surface area (Å²) in [6.07, 6.45) is 3.23. The Kier molecular flexibility index (Phi) is 10.3. The summed E-state index contributed by atoms with van der Waals surface area (Å²) in [7, 11) is 1.88. The normalized spacial score (nSPS) is 11.5. The van der Waals surface area contributed by atoms with Gasteiger partial charge in [-0.25, -0.2) is 9.37 Å². The first-order valence-corrected chi connectivity index (χ1v) is 8.55. The number of nitrogens with two attached hydrogens (primary N) is 1. The molecule has 0 aliphatic carbocycles. The lowest BCUT2D eigenvalue weighted by Gasteiger charge is -2.11. The molecule has 0 saturated heterocycles. The van der Waals surface area contributed by atoms with Crippen LogP contribution in [0.1, 0.15) is 12.2 Å². The molecule has 0 fully saturated rings. The molecule has 1 aromatic carbocycles. The van der Waals surface area contributed by atoms with Crippen LogP contribution in [0.15, 0.2) is 18.2 Å². The Balaban J connectivity index is 0.00000264. The van der Waals surface area contributed by atoms with Gasteiger partial charge >= 0.3 is 0 Å². The van der Waals surface area contributed by atoms with Crippen molar-refractivity contribution in [1.82, 2.24) is 14.9 Å². The highest BCUT2D eigenvalue weighted by Crippen LogP contribution is 2.16. The van der Waals surface area contributed by atoms with Crippen LogP contribution in [0.5, 0.6) is 0 Å². The van der Waals surface area contributed by atoms with E-state index in [1.54, 1.807) is 17.8 Å². The molecule has 1 heterocycles. The Bertz CT molecular complexity index is 668. The molecular weight excluding hydrogens is 374 g/mol. The van der Waals surface area contributed by atoms with Crippen molar-refractivity contribution in [2.45, 2.75) is 18.9 Å². The molecule has 1 atom stereocenters. The van der Waals surface area contributed by atoms with E-state index in [2.05, 4.69) is 10.3 Å². The molecule has 0 aliphatic rings. The minimum absolute atomic E-state index is 0. The zero-order chi connectivity index (χ0) is 16.1. The van der Waals surface area contributed by atoms with E-state index in [1.807, 2.05) is 17.9 Å². The molecule has 5 nitrogen and oxygen atoms in total. The van der Waals surface area contributed by atoms with Gasteiger partial charge < -0.3 is 15.6 Å². The lowest BCUT2D eigenvalue weighted by Crippen LogP contribution is -2.41. The van der Waals surface area contributed by atoms with E-state index in [9.17, 15) is 9.18 Å². The molecule has 0 unspecified atom stereocenters. The second-order valence-corrected chi connectivity index (χ2v) is 6.13. The number of benzene rings is 1. The first-order valence-electron chi connectivity index (χ1n) is 7.16. The largest absolute Gasteiger partial charge is 0.354 e. The molecular formula is C15H23Cl2FN4OS. The third-order valence-electron chi connectivity index (χ3n) is 3.55. The number of rotatable bonds is 7. The fourth-order valence-corrected chi connectivity index (χ4v) is 2.74. The van der Waals surface area contributed by atoms with Crippen LogP contribution in [0.25, 0.3) is 11.0 Å². The van der Waals surface area contributed by atoms with E-state index in [-0.39, 0.29) is 36.5 Å². The van der Waals surface area contributed by atoms with Crippen molar-refractivity contribution < 1.29 is 9.18 Å². The van der Waals surface area contributed by atoms with Crippen molar-refractivity contribution in [3.8, 4) is 0 Å². The zero-order valence-electron chi connectivity index (χ0n) is 13.6. The first-order chi connectivity index (χ1) is 10.5. The molecule has 136 valence electrons. The van der Waals surface area contributed by atoms with Crippen LogP contribution in [0, 0.1) is 5.82 Å². The molecule has 9 heteroatoms.